The third-order valence-electron chi connectivity index (χ3n) is 3.82. The fraction of sp³-hybridized carbons (Fsp3) is 0.688. The summed E-state index contributed by atoms with van der Waals surface area (Å²) >= 11 is 0. The summed E-state index contributed by atoms with van der Waals surface area (Å²) in [5, 5.41) is 12.7. The van der Waals surface area contributed by atoms with Gasteiger partial charge in [-0.05, 0) is 42.9 Å². The molecule has 1 heterocycles. The van der Waals surface area contributed by atoms with E-state index in [0.717, 1.165) is 38.3 Å². The van der Waals surface area contributed by atoms with Crippen LogP contribution in [-0.2, 0) is 6.54 Å². The number of nitrogens with zero attached hydrogens (tertiary/aromatic N) is 2. The van der Waals surface area contributed by atoms with Gasteiger partial charge in [-0.25, -0.2) is 4.98 Å². The van der Waals surface area contributed by atoms with E-state index in [1.54, 1.807) is 0 Å². The quantitative estimate of drug-likeness (QED) is 0.800. The fourth-order valence-electron chi connectivity index (χ4n) is 2.58. The molecule has 0 atom stereocenters. The second-order valence-electron chi connectivity index (χ2n) is 6.42. The first-order valence-electron chi connectivity index (χ1n) is 7.59. The van der Waals surface area contributed by atoms with E-state index in [1.807, 2.05) is 6.20 Å². The highest BCUT2D eigenvalue weighted by molar-refractivity contribution is 5.38. The summed E-state index contributed by atoms with van der Waals surface area (Å²) in [6, 6.07) is 4.23. The number of hydrogen-bond donors (Lipinski definition) is 2. The third-order valence-corrected chi connectivity index (χ3v) is 3.82. The van der Waals surface area contributed by atoms with Gasteiger partial charge in [-0.2, -0.15) is 0 Å². The number of pyridine rings is 1. The molecule has 0 aliphatic heterocycles. The lowest BCUT2D eigenvalue weighted by molar-refractivity contribution is 0.0464. The number of hydrogen-bond acceptors (Lipinski definition) is 4. The smallest absolute Gasteiger partial charge is 0.128 e. The van der Waals surface area contributed by atoms with Gasteiger partial charge in [0, 0.05) is 26.3 Å². The molecule has 1 aliphatic carbocycles. The maximum atomic E-state index is 9.32. The molecule has 20 heavy (non-hydrogen) atoms. The molecule has 2 N–H and O–H groups in total. The molecule has 112 valence electrons. The topological polar surface area (TPSA) is 48.4 Å². The van der Waals surface area contributed by atoms with E-state index >= 15 is 0 Å². The molecule has 0 bridgehead atoms. The Morgan fingerprint density at radius 3 is 2.70 bits per heavy atom. The Labute approximate surface area is 122 Å². The molecule has 1 fully saturated rings. The molecule has 1 aromatic heterocycles. The van der Waals surface area contributed by atoms with Gasteiger partial charge in [0.25, 0.3) is 0 Å². The monoisotopic (exact) mass is 277 g/mol. The van der Waals surface area contributed by atoms with Crippen molar-refractivity contribution in [1.82, 2.24) is 10.3 Å². The maximum absolute atomic E-state index is 9.32. The highest BCUT2D eigenvalue weighted by Crippen LogP contribution is 2.28. The van der Waals surface area contributed by atoms with Gasteiger partial charge < -0.3 is 15.3 Å². The zero-order chi connectivity index (χ0) is 14.5. The van der Waals surface area contributed by atoms with E-state index in [9.17, 15) is 5.11 Å². The zero-order valence-electron chi connectivity index (χ0n) is 12.8. The van der Waals surface area contributed by atoms with Gasteiger partial charge >= 0.3 is 0 Å². The molecule has 0 aromatic carbocycles. The molecule has 1 aliphatic rings. The Bertz CT molecular complexity index is 399. The summed E-state index contributed by atoms with van der Waals surface area (Å²) in [7, 11) is 2.07. The summed E-state index contributed by atoms with van der Waals surface area (Å²) in [6.45, 7) is 7.31. The van der Waals surface area contributed by atoms with Crippen LogP contribution < -0.4 is 10.2 Å². The predicted octanol–water partition coefficient (Wildman–Crippen LogP) is 2.03. The van der Waals surface area contributed by atoms with E-state index in [4.69, 9.17) is 0 Å². The van der Waals surface area contributed by atoms with Crippen LogP contribution in [0, 0.1) is 11.8 Å². The van der Waals surface area contributed by atoms with Gasteiger partial charge in [-0.3, -0.25) is 0 Å². The van der Waals surface area contributed by atoms with Gasteiger partial charge in [0.1, 0.15) is 5.82 Å². The van der Waals surface area contributed by atoms with Gasteiger partial charge in [0.05, 0.1) is 6.10 Å². The number of nitrogens with one attached hydrogen (secondary N) is 1. The lowest BCUT2D eigenvalue weighted by atomic mass is 9.82. The minimum absolute atomic E-state index is 0.0734. The molecule has 0 spiro atoms. The van der Waals surface area contributed by atoms with Crippen LogP contribution in [0.3, 0.4) is 0 Å². The van der Waals surface area contributed by atoms with Crippen LogP contribution in [0.1, 0.15) is 32.3 Å². The molecule has 0 saturated heterocycles. The standard InChI is InChI=1S/C16H27N3O/c1-12(2)8-17-9-13-4-5-16(18-10-13)19(3)11-14-6-15(20)7-14/h4-5,10,12,14-15,17,20H,6-9,11H2,1-3H3. The fourth-order valence-corrected chi connectivity index (χ4v) is 2.58. The predicted molar refractivity (Wildman–Crippen MR) is 82.8 cm³/mol. The Morgan fingerprint density at radius 2 is 2.15 bits per heavy atom. The lowest BCUT2D eigenvalue weighted by Gasteiger charge is -2.34. The zero-order valence-corrected chi connectivity index (χ0v) is 12.8. The van der Waals surface area contributed by atoms with Gasteiger partial charge in [-0.1, -0.05) is 19.9 Å². The highest BCUT2D eigenvalue weighted by Gasteiger charge is 2.28. The SMILES string of the molecule is CC(C)CNCc1ccc(N(C)CC2CC(O)C2)nc1. The number of aromatic nitrogens is 1. The van der Waals surface area contributed by atoms with Crippen molar-refractivity contribution in [1.29, 1.82) is 0 Å². The number of rotatable bonds is 7. The van der Waals surface area contributed by atoms with Crippen molar-refractivity contribution in [3.8, 4) is 0 Å². The molecule has 4 heteroatoms. The van der Waals surface area contributed by atoms with Crippen LogP contribution in [0.15, 0.2) is 18.3 Å². The van der Waals surface area contributed by atoms with E-state index in [0.29, 0.717) is 11.8 Å². The second kappa shape index (κ2) is 7.04. The summed E-state index contributed by atoms with van der Waals surface area (Å²) < 4.78 is 0. The molecular weight excluding hydrogens is 250 g/mol. The van der Waals surface area contributed by atoms with Crippen molar-refractivity contribution >= 4 is 5.82 Å². The Hall–Kier alpha value is -1.13. The van der Waals surface area contributed by atoms with E-state index in [1.165, 1.54) is 5.56 Å². The van der Waals surface area contributed by atoms with Crippen molar-refractivity contribution in [2.24, 2.45) is 11.8 Å². The Balaban J connectivity index is 1.78. The van der Waals surface area contributed by atoms with Crippen molar-refractivity contribution in [2.75, 3.05) is 25.0 Å². The molecular formula is C16H27N3O. The van der Waals surface area contributed by atoms with Crippen LogP contribution in [0.25, 0.3) is 0 Å². The number of aliphatic hydroxyl groups excluding tert-OH is 1. The molecule has 0 unspecified atom stereocenters. The van der Waals surface area contributed by atoms with E-state index in [-0.39, 0.29) is 6.10 Å². The van der Waals surface area contributed by atoms with Gasteiger partial charge in [0.15, 0.2) is 0 Å². The van der Waals surface area contributed by atoms with Gasteiger partial charge in [-0.15, -0.1) is 0 Å². The first kappa shape index (κ1) is 15.3. The Morgan fingerprint density at radius 1 is 1.40 bits per heavy atom. The minimum atomic E-state index is -0.0734. The van der Waals surface area contributed by atoms with E-state index < -0.39 is 0 Å². The van der Waals surface area contributed by atoms with Crippen molar-refractivity contribution < 1.29 is 5.11 Å². The van der Waals surface area contributed by atoms with Crippen molar-refractivity contribution in [3.63, 3.8) is 0 Å². The second-order valence-corrected chi connectivity index (χ2v) is 6.42. The molecule has 1 aromatic rings. The van der Waals surface area contributed by atoms with Crippen LogP contribution in [0.4, 0.5) is 5.82 Å². The largest absolute Gasteiger partial charge is 0.393 e. The highest BCUT2D eigenvalue weighted by atomic mass is 16.3. The third kappa shape index (κ3) is 4.46. The Kier molecular flexibility index (Phi) is 5.38. The molecule has 1 saturated carbocycles. The molecule has 0 radical (unpaired) electrons. The number of anilines is 1. The maximum Gasteiger partial charge on any atom is 0.128 e. The average molecular weight is 277 g/mol. The summed E-state index contributed by atoms with van der Waals surface area (Å²) in [4.78, 5) is 6.71. The van der Waals surface area contributed by atoms with Crippen LogP contribution >= 0.6 is 0 Å². The summed E-state index contributed by atoms with van der Waals surface area (Å²) in [6.07, 6.45) is 3.74. The summed E-state index contributed by atoms with van der Waals surface area (Å²) in [5.74, 6) is 2.30. The van der Waals surface area contributed by atoms with Crippen LogP contribution in [0.5, 0.6) is 0 Å². The molecule has 4 nitrogen and oxygen atoms in total. The number of aliphatic hydroxyl groups is 1. The lowest BCUT2D eigenvalue weighted by Crippen LogP contribution is -2.37. The van der Waals surface area contributed by atoms with Crippen molar-refractivity contribution in [3.05, 3.63) is 23.9 Å². The first-order chi connectivity index (χ1) is 9.54. The van der Waals surface area contributed by atoms with Crippen molar-refractivity contribution in [2.45, 2.75) is 39.3 Å². The minimum Gasteiger partial charge on any atom is -0.393 e. The van der Waals surface area contributed by atoms with Crippen LogP contribution in [0.2, 0.25) is 0 Å². The van der Waals surface area contributed by atoms with Gasteiger partial charge in [0.2, 0.25) is 0 Å². The molecule has 2 rings (SSSR count). The molecule has 0 amide bonds. The average Bonchev–Trinajstić information content (AvgIpc) is 2.37. The van der Waals surface area contributed by atoms with E-state index in [2.05, 4.69) is 48.2 Å². The first-order valence-corrected chi connectivity index (χ1v) is 7.59. The summed E-state index contributed by atoms with van der Waals surface area (Å²) in [5.41, 5.74) is 1.22. The van der Waals surface area contributed by atoms with Crippen LogP contribution in [-0.4, -0.2) is 36.3 Å². The normalized spacial score (nSPS) is 21.9.